The first kappa shape index (κ1) is 102. The molecule has 0 aliphatic heterocycles. The van der Waals surface area contributed by atoms with Crippen LogP contribution < -0.4 is 0 Å². The first-order valence-electron chi connectivity index (χ1n) is 44.1. The van der Waals surface area contributed by atoms with Crippen LogP contribution in [0.2, 0.25) is 0 Å². The number of phosphoric ester groups is 2. The van der Waals surface area contributed by atoms with Crippen molar-refractivity contribution in [3.05, 3.63) is 0 Å². The van der Waals surface area contributed by atoms with E-state index in [2.05, 4.69) is 34.6 Å². The van der Waals surface area contributed by atoms with E-state index >= 15 is 0 Å². The summed E-state index contributed by atoms with van der Waals surface area (Å²) in [6, 6.07) is 0. The summed E-state index contributed by atoms with van der Waals surface area (Å²) in [5.41, 5.74) is 0. The first-order valence-corrected chi connectivity index (χ1v) is 47.1. The van der Waals surface area contributed by atoms with E-state index < -0.39 is 97.5 Å². The van der Waals surface area contributed by atoms with Crippen LogP contribution in [0.4, 0.5) is 0 Å². The van der Waals surface area contributed by atoms with Crippen molar-refractivity contribution in [1.82, 2.24) is 0 Å². The number of phosphoric acid groups is 2. The molecule has 618 valence electrons. The molecule has 2 unspecified atom stereocenters. The van der Waals surface area contributed by atoms with Crippen LogP contribution in [-0.2, 0) is 65.4 Å². The molecule has 19 heteroatoms. The summed E-state index contributed by atoms with van der Waals surface area (Å²) in [6.07, 6.45) is 70.6. The average Bonchev–Trinajstić information content (AvgIpc) is 0.920. The molecule has 0 saturated heterocycles. The highest BCUT2D eigenvalue weighted by Gasteiger charge is 2.30. The molecule has 0 aliphatic rings. The van der Waals surface area contributed by atoms with E-state index in [0.717, 1.165) is 95.8 Å². The molecule has 0 bridgehead atoms. The zero-order chi connectivity index (χ0) is 76.2. The Hall–Kier alpha value is -1.94. The van der Waals surface area contributed by atoms with Gasteiger partial charge in [0.25, 0.3) is 0 Å². The van der Waals surface area contributed by atoms with Crippen LogP contribution in [0.25, 0.3) is 0 Å². The van der Waals surface area contributed by atoms with Crippen molar-refractivity contribution < 1.29 is 80.2 Å². The second-order valence-corrected chi connectivity index (χ2v) is 34.0. The predicted molar refractivity (Wildman–Crippen MR) is 428 cm³/mol. The van der Waals surface area contributed by atoms with E-state index in [1.54, 1.807) is 0 Å². The minimum atomic E-state index is -4.96. The van der Waals surface area contributed by atoms with E-state index in [0.29, 0.717) is 25.7 Å². The Labute approximate surface area is 638 Å². The van der Waals surface area contributed by atoms with Gasteiger partial charge in [-0.1, -0.05) is 407 Å². The topological polar surface area (TPSA) is 237 Å². The highest BCUT2D eigenvalue weighted by molar-refractivity contribution is 7.47. The molecule has 0 rings (SSSR count). The van der Waals surface area contributed by atoms with E-state index in [4.69, 9.17) is 37.0 Å². The number of carbonyl (C=O) groups is 4. The van der Waals surface area contributed by atoms with Gasteiger partial charge in [0.1, 0.15) is 19.3 Å². The minimum absolute atomic E-state index is 0.109. The number of hydrogen-bond acceptors (Lipinski definition) is 15. The number of esters is 4. The van der Waals surface area contributed by atoms with Gasteiger partial charge in [-0.3, -0.25) is 37.3 Å². The largest absolute Gasteiger partial charge is 0.472 e. The van der Waals surface area contributed by atoms with Gasteiger partial charge >= 0.3 is 39.5 Å². The lowest BCUT2D eigenvalue weighted by molar-refractivity contribution is -0.161. The van der Waals surface area contributed by atoms with Gasteiger partial charge in [0.05, 0.1) is 26.4 Å². The monoisotopic (exact) mass is 1520 g/mol. The van der Waals surface area contributed by atoms with Crippen LogP contribution in [-0.4, -0.2) is 96.7 Å². The fourth-order valence-electron chi connectivity index (χ4n) is 13.3. The molecule has 3 N–H and O–H groups in total. The third kappa shape index (κ3) is 78.2. The zero-order valence-electron chi connectivity index (χ0n) is 68.2. The summed E-state index contributed by atoms with van der Waals surface area (Å²) in [6.45, 7) is 7.40. The molecule has 0 heterocycles. The first-order chi connectivity index (χ1) is 50.5. The third-order valence-corrected chi connectivity index (χ3v) is 21.9. The van der Waals surface area contributed by atoms with Gasteiger partial charge in [0.15, 0.2) is 12.2 Å². The maximum Gasteiger partial charge on any atom is 0.472 e. The second-order valence-electron chi connectivity index (χ2n) is 31.1. The Kier molecular flexibility index (Phi) is 76.3. The van der Waals surface area contributed by atoms with Gasteiger partial charge in [-0.05, 0) is 31.6 Å². The number of aliphatic hydroxyl groups is 1. The summed E-state index contributed by atoms with van der Waals surface area (Å²) >= 11 is 0. The number of rotatable bonds is 85. The number of carbonyl (C=O) groups excluding carboxylic acids is 4. The van der Waals surface area contributed by atoms with E-state index in [1.165, 1.54) is 283 Å². The van der Waals surface area contributed by atoms with Crippen molar-refractivity contribution in [3.63, 3.8) is 0 Å². The van der Waals surface area contributed by atoms with Crippen molar-refractivity contribution in [3.8, 4) is 0 Å². The molecule has 0 amide bonds. The third-order valence-electron chi connectivity index (χ3n) is 20.0. The van der Waals surface area contributed by atoms with Crippen molar-refractivity contribution in [2.45, 2.75) is 477 Å². The summed E-state index contributed by atoms with van der Waals surface area (Å²) < 4.78 is 68.9. The molecule has 0 fully saturated rings. The van der Waals surface area contributed by atoms with Crippen LogP contribution in [0.3, 0.4) is 0 Å². The number of aliphatic hydroxyl groups excluding tert-OH is 1. The highest BCUT2D eigenvalue weighted by atomic mass is 31.2. The Balaban J connectivity index is 5.26. The molecule has 0 aromatic heterocycles. The molecule has 5 atom stereocenters. The Morgan fingerprint density at radius 3 is 0.654 bits per heavy atom. The summed E-state index contributed by atoms with van der Waals surface area (Å²) in [5.74, 6) is -1.29. The highest BCUT2D eigenvalue weighted by Crippen LogP contribution is 2.45. The van der Waals surface area contributed by atoms with Crippen molar-refractivity contribution >= 4 is 39.5 Å². The Morgan fingerprint density at radius 2 is 0.442 bits per heavy atom. The Morgan fingerprint density at radius 1 is 0.260 bits per heavy atom. The van der Waals surface area contributed by atoms with Gasteiger partial charge in [0.2, 0.25) is 0 Å². The molecule has 0 spiro atoms. The van der Waals surface area contributed by atoms with Crippen LogP contribution in [0.15, 0.2) is 0 Å². The number of unbranched alkanes of at least 4 members (excludes halogenated alkanes) is 57. The second kappa shape index (κ2) is 77.8. The normalized spacial score (nSPS) is 13.8. The lowest BCUT2D eigenvalue weighted by Gasteiger charge is -2.21. The van der Waals surface area contributed by atoms with Crippen LogP contribution in [0.1, 0.15) is 458 Å². The van der Waals surface area contributed by atoms with E-state index in [9.17, 15) is 43.2 Å². The van der Waals surface area contributed by atoms with Crippen molar-refractivity contribution in [2.75, 3.05) is 39.6 Å². The van der Waals surface area contributed by atoms with Gasteiger partial charge < -0.3 is 33.8 Å². The van der Waals surface area contributed by atoms with E-state index in [-0.39, 0.29) is 25.7 Å². The van der Waals surface area contributed by atoms with Crippen molar-refractivity contribution in [1.29, 1.82) is 0 Å². The van der Waals surface area contributed by atoms with Crippen LogP contribution in [0, 0.1) is 5.92 Å². The molecular weight excluding hydrogens is 1350 g/mol. The van der Waals surface area contributed by atoms with Crippen LogP contribution >= 0.6 is 15.6 Å². The molecule has 0 aromatic rings. The SMILES string of the molecule is CCCCCCCCCCCCCCCCCCCCC(=O)OC[C@H](COP(=O)(O)OC[C@@H](O)COP(=O)(O)OC[C@@H](COC(=O)CCCCCCCCCCCCCCC)OC(=O)CCCCCCCCCCCCCCCC)OC(=O)CCCCCCCCCCCCCCCCCCC(C)C. The smallest absolute Gasteiger partial charge is 0.462 e. The standard InChI is InChI=1S/C85H166O17P2/c1-6-9-12-15-18-21-24-27-29-30-31-35-40-44-49-54-59-64-69-83(88)96-75-81(102-85(90)71-66-61-56-51-46-41-36-33-32-34-38-42-47-52-57-62-67-78(4)5)77-100-104(93,94)98-73-79(86)72-97-103(91,92)99-76-80(74-95-82(87)68-63-58-53-48-43-37-26-23-20-17-14-11-8-3)101-84(89)70-65-60-55-50-45-39-28-25-22-19-16-13-10-7-2/h78-81,86H,6-77H2,1-5H3,(H,91,92)(H,93,94)/t79-,80+,81+/m0/s1. The average molecular weight is 1520 g/mol. The molecule has 17 nitrogen and oxygen atoms in total. The minimum Gasteiger partial charge on any atom is -0.462 e. The van der Waals surface area contributed by atoms with Crippen LogP contribution in [0.5, 0.6) is 0 Å². The molecule has 0 aliphatic carbocycles. The van der Waals surface area contributed by atoms with Gasteiger partial charge in [-0.25, -0.2) is 9.13 Å². The quantitative estimate of drug-likeness (QED) is 0.0222. The maximum atomic E-state index is 13.1. The summed E-state index contributed by atoms with van der Waals surface area (Å²) in [5, 5.41) is 10.7. The maximum absolute atomic E-state index is 13.1. The summed E-state index contributed by atoms with van der Waals surface area (Å²) in [7, 11) is -9.93. The van der Waals surface area contributed by atoms with Gasteiger partial charge in [-0.15, -0.1) is 0 Å². The fraction of sp³-hybridized carbons (Fsp3) is 0.953. The predicted octanol–water partition coefficient (Wildman–Crippen LogP) is 26.0. The molecule has 0 radical (unpaired) electrons. The molecule has 104 heavy (non-hydrogen) atoms. The van der Waals surface area contributed by atoms with Gasteiger partial charge in [0, 0.05) is 25.7 Å². The number of hydrogen-bond donors (Lipinski definition) is 3. The van der Waals surface area contributed by atoms with Crippen molar-refractivity contribution in [2.24, 2.45) is 5.92 Å². The van der Waals surface area contributed by atoms with E-state index in [1.807, 2.05) is 0 Å². The zero-order valence-corrected chi connectivity index (χ0v) is 70.0. The molecule has 0 aromatic carbocycles. The number of ether oxygens (including phenoxy) is 4. The lowest BCUT2D eigenvalue weighted by Crippen LogP contribution is -2.30. The molecule has 0 saturated carbocycles. The fourth-order valence-corrected chi connectivity index (χ4v) is 14.9. The Bertz CT molecular complexity index is 1980. The molecular formula is C85H166O17P2. The lowest BCUT2D eigenvalue weighted by atomic mass is 10.0. The van der Waals surface area contributed by atoms with Gasteiger partial charge in [-0.2, -0.15) is 0 Å². The summed E-state index contributed by atoms with van der Waals surface area (Å²) in [4.78, 5) is 73.2.